The number of aliphatic hydroxyl groups is 1. The zero-order valence-electron chi connectivity index (χ0n) is 19.2. The van der Waals surface area contributed by atoms with Gasteiger partial charge in [0.1, 0.15) is 6.23 Å². The largest absolute Gasteiger partial charge is 0.478 e. The van der Waals surface area contributed by atoms with Gasteiger partial charge in [0.05, 0.1) is 11.1 Å². The van der Waals surface area contributed by atoms with Gasteiger partial charge in [-0.1, -0.05) is 44.6 Å². The fourth-order valence-electron chi connectivity index (χ4n) is 5.39. The maximum atomic E-state index is 13.3. The number of rotatable bonds is 7. The van der Waals surface area contributed by atoms with Crippen molar-refractivity contribution >= 4 is 28.6 Å². The smallest absolute Gasteiger partial charge is 0.336 e. The van der Waals surface area contributed by atoms with E-state index in [4.69, 9.17) is 0 Å². The molecule has 1 amide bonds. The molecule has 182 valence electrons. The third-order valence-corrected chi connectivity index (χ3v) is 7.13. The summed E-state index contributed by atoms with van der Waals surface area (Å²) in [6.07, 6.45) is 8.75. The average molecular weight is 469 g/mol. The van der Waals surface area contributed by atoms with Crippen molar-refractivity contribution in [2.75, 3.05) is 0 Å². The van der Waals surface area contributed by atoms with E-state index in [-0.39, 0.29) is 45.1 Å². The van der Waals surface area contributed by atoms with Crippen molar-refractivity contribution in [3.05, 3.63) is 46.5 Å². The van der Waals surface area contributed by atoms with Crippen molar-refractivity contribution in [1.29, 1.82) is 0 Å². The van der Waals surface area contributed by atoms with Gasteiger partial charge in [0, 0.05) is 34.0 Å². The highest BCUT2D eigenvalue weighted by molar-refractivity contribution is 6.19. The van der Waals surface area contributed by atoms with Crippen molar-refractivity contribution in [1.82, 2.24) is 10.6 Å². The standard InChI is InChI=1S/C26H32N2O6/c29-23(27-15-7-3-1-4-8-15)17-11-13-20(26(33)34)22-18(12-14-19(21(17)22)25(31)32)24(30)28-16-9-5-2-6-10-16/h11-16,23,27,29H,1-10H2,(H,28,30)(H,31,32)(H,33,34). The van der Waals surface area contributed by atoms with Crippen LogP contribution in [0.4, 0.5) is 0 Å². The second-order valence-electron chi connectivity index (χ2n) is 9.44. The van der Waals surface area contributed by atoms with Crippen LogP contribution in [-0.2, 0) is 0 Å². The lowest BCUT2D eigenvalue weighted by molar-refractivity contribution is 0.0685. The van der Waals surface area contributed by atoms with Gasteiger partial charge in [0.15, 0.2) is 0 Å². The number of carbonyl (C=O) groups excluding carboxylic acids is 1. The zero-order valence-corrected chi connectivity index (χ0v) is 19.2. The molecule has 8 heteroatoms. The Bertz CT molecular complexity index is 1090. The number of nitrogens with one attached hydrogen (secondary N) is 2. The maximum Gasteiger partial charge on any atom is 0.336 e. The normalized spacial score (nSPS) is 18.5. The Kier molecular flexibility index (Phi) is 7.48. The van der Waals surface area contributed by atoms with Crippen LogP contribution in [0.15, 0.2) is 24.3 Å². The number of hydrogen-bond donors (Lipinski definition) is 5. The van der Waals surface area contributed by atoms with Crippen LogP contribution in [0.25, 0.3) is 10.8 Å². The summed E-state index contributed by atoms with van der Waals surface area (Å²) in [5.41, 5.74) is 0.0531. The lowest BCUT2D eigenvalue weighted by Crippen LogP contribution is -2.36. The van der Waals surface area contributed by atoms with E-state index < -0.39 is 24.1 Å². The van der Waals surface area contributed by atoms with Crippen LogP contribution in [0.5, 0.6) is 0 Å². The van der Waals surface area contributed by atoms with Crippen LogP contribution in [0, 0.1) is 0 Å². The van der Waals surface area contributed by atoms with E-state index in [1.54, 1.807) is 0 Å². The molecule has 1 unspecified atom stereocenters. The molecule has 34 heavy (non-hydrogen) atoms. The highest BCUT2D eigenvalue weighted by Crippen LogP contribution is 2.34. The molecule has 8 nitrogen and oxygen atoms in total. The first kappa shape index (κ1) is 24.2. The van der Waals surface area contributed by atoms with Gasteiger partial charge in [0.25, 0.3) is 5.91 Å². The highest BCUT2D eigenvalue weighted by atomic mass is 16.4. The minimum Gasteiger partial charge on any atom is -0.478 e. The van der Waals surface area contributed by atoms with Crippen LogP contribution in [0.1, 0.15) is 107 Å². The van der Waals surface area contributed by atoms with E-state index in [9.17, 15) is 29.7 Å². The number of aliphatic hydroxyl groups excluding tert-OH is 1. The van der Waals surface area contributed by atoms with Crippen molar-refractivity contribution in [3.8, 4) is 0 Å². The first-order valence-electron chi connectivity index (χ1n) is 12.2. The topological polar surface area (TPSA) is 136 Å². The Balaban J connectivity index is 1.82. The van der Waals surface area contributed by atoms with Crippen molar-refractivity contribution < 1.29 is 29.7 Å². The monoisotopic (exact) mass is 468 g/mol. The Labute approximate surface area is 198 Å². The van der Waals surface area contributed by atoms with Crippen molar-refractivity contribution in [2.45, 2.75) is 82.5 Å². The van der Waals surface area contributed by atoms with Gasteiger partial charge in [-0.3, -0.25) is 10.1 Å². The summed E-state index contributed by atoms with van der Waals surface area (Å²) in [4.78, 5) is 37.5. The van der Waals surface area contributed by atoms with Crippen LogP contribution >= 0.6 is 0 Å². The molecule has 4 rings (SSSR count). The molecule has 0 saturated heterocycles. The van der Waals surface area contributed by atoms with Crippen molar-refractivity contribution in [3.63, 3.8) is 0 Å². The van der Waals surface area contributed by atoms with Crippen LogP contribution in [0.3, 0.4) is 0 Å². The van der Waals surface area contributed by atoms with Gasteiger partial charge in [-0.15, -0.1) is 0 Å². The molecular weight excluding hydrogens is 436 g/mol. The van der Waals surface area contributed by atoms with Gasteiger partial charge in [0.2, 0.25) is 0 Å². The first-order valence-corrected chi connectivity index (χ1v) is 12.2. The molecule has 2 aromatic rings. The molecule has 1 atom stereocenters. The Morgan fingerprint density at radius 2 is 1.21 bits per heavy atom. The fourth-order valence-corrected chi connectivity index (χ4v) is 5.39. The number of carbonyl (C=O) groups is 3. The number of amides is 1. The number of hydrogen-bond acceptors (Lipinski definition) is 5. The Hall–Kier alpha value is -2.97. The molecule has 2 aliphatic rings. The van der Waals surface area contributed by atoms with Crippen LogP contribution in [0.2, 0.25) is 0 Å². The van der Waals surface area contributed by atoms with Gasteiger partial charge in [-0.25, -0.2) is 9.59 Å². The van der Waals surface area contributed by atoms with Crippen LogP contribution < -0.4 is 10.6 Å². The Morgan fingerprint density at radius 1 is 0.706 bits per heavy atom. The van der Waals surface area contributed by atoms with Gasteiger partial charge in [-0.2, -0.15) is 0 Å². The number of benzene rings is 2. The maximum absolute atomic E-state index is 13.3. The van der Waals surface area contributed by atoms with Crippen LogP contribution in [-0.4, -0.2) is 45.2 Å². The van der Waals surface area contributed by atoms with Gasteiger partial charge in [-0.05, 0) is 43.9 Å². The first-order chi connectivity index (χ1) is 16.4. The number of carboxylic acid groups (broad SMARTS) is 2. The molecule has 0 aromatic heterocycles. The molecule has 5 N–H and O–H groups in total. The molecule has 0 bridgehead atoms. The van der Waals surface area contributed by atoms with E-state index in [1.807, 2.05) is 0 Å². The van der Waals surface area contributed by atoms with E-state index >= 15 is 0 Å². The third-order valence-electron chi connectivity index (χ3n) is 7.13. The van der Waals surface area contributed by atoms with E-state index in [0.29, 0.717) is 0 Å². The number of aromatic carboxylic acids is 2. The van der Waals surface area contributed by atoms with E-state index in [1.165, 1.54) is 24.3 Å². The summed E-state index contributed by atoms with van der Waals surface area (Å²) in [5, 5.41) is 37.1. The summed E-state index contributed by atoms with van der Waals surface area (Å²) in [7, 11) is 0. The summed E-state index contributed by atoms with van der Waals surface area (Å²) in [6.45, 7) is 0. The molecule has 0 radical (unpaired) electrons. The number of fused-ring (bicyclic) bond motifs is 1. The fraction of sp³-hybridized carbons (Fsp3) is 0.500. The summed E-state index contributed by atoms with van der Waals surface area (Å²) in [6, 6.07) is 5.58. The Morgan fingerprint density at radius 3 is 1.79 bits per heavy atom. The predicted molar refractivity (Wildman–Crippen MR) is 127 cm³/mol. The lowest BCUT2D eigenvalue weighted by atomic mass is 9.89. The molecular formula is C26H32N2O6. The quantitative estimate of drug-likeness (QED) is 0.384. The third kappa shape index (κ3) is 5.08. The molecule has 0 aliphatic heterocycles. The second kappa shape index (κ2) is 10.5. The molecule has 2 aliphatic carbocycles. The lowest BCUT2D eigenvalue weighted by Gasteiger charge is -2.27. The molecule has 0 heterocycles. The summed E-state index contributed by atoms with van der Waals surface area (Å²) < 4.78 is 0. The predicted octanol–water partition coefficient (Wildman–Crippen LogP) is 4.21. The average Bonchev–Trinajstić information content (AvgIpc) is 2.83. The highest BCUT2D eigenvalue weighted by Gasteiger charge is 2.27. The molecule has 2 saturated carbocycles. The summed E-state index contributed by atoms with van der Waals surface area (Å²) in [5.74, 6) is -2.94. The second-order valence-corrected chi connectivity index (χ2v) is 9.44. The molecule has 2 aromatic carbocycles. The molecule has 0 spiro atoms. The number of carboxylic acids is 2. The minimum absolute atomic E-state index is 0.00506. The summed E-state index contributed by atoms with van der Waals surface area (Å²) >= 11 is 0. The molecule has 2 fully saturated rings. The SMILES string of the molecule is O=C(O)c1ccc(C(O)NC2CCCCC2)c2c(C(=O)O)ccc(C(=O)NC3CCCCC3)c12. The van der Waals surface area contributed by atoms with Gasteiger partial charge < -0.3 is 20.6 Å². The van der Waals surface area contributed by atoms with E-state index in [0.717, 1.165) is 64.2 Å². The van der Waals surface area contributed by atoms with Crippen molar-refractivity contribution in [2.24, 2.45) is 0 Å². The van der Waals surface area contributed by atoms with Gasteiger partial charge >= 0.3 is 11.9 Å². The minimum atomic E-state index is -1.26. The zero-order chi connectivity index (χ0) is 24.2. The van der Waals surface area contributed by atoms with E-state index in [2.05, 4.69) is 10.6 Å².